The van der Waals surface area contributed by atoms with Gasteiger partial charge in [0.1, 0.15) is 17.7 Å². The maximum atomic E-state index is 12.2. The number of hydrogen-bond acceptors (Lipinski definition) is 8. The van der Waals surface area contributed by atoms with E-state index in [0.717, 1.165) is 5.56 Å². The van der Waals surface area contributed by atoms with Crippen LogP contribution in [0.3, 0.4) is 0 Å². The molecule has 3 N–H and O–H groups in total. The third-order valence-corrected chi connectivity index (χ3v) is 5.95. The fourth-order valence-electron chi connectivity index (χ4n) is 3.65. The molecule has 0 saturated carbocycles. The number of fused-ring (bicyclic) bond motifs is 1. The molecule has 0 radical (unpaired) electrons. The summed E-state index contributed by atoms with van der Waals surface area (Å²) < 4.78 is 0. The van der Waals surface area contributed by atoms with Crippen LogP contribution in [0.5, 0.6) is 0 Å². The zero-order chi connectivity index (χ0) is 21.6. The van der Waals surface area contributed by atoms with Crippen molar-refractivity contribution in [2.75, 3.05) is 22.9 Å². The average molecular weight is 430 g/mol. The van der Waals surface area contributed by atoms with Crippen LogP contribution in [0.25, 0.3) is 0 Å². The van der Waals surface area contributed by atoms with E-state index >= 15 is 0 Å². The van der Waals surface area contributed by atoms with E-state index in [-0.39, 0.29) is 23.4 Å². The van der Waals surface area contributed by atoms with Crippen LogP contribution in [0.1, 0.15) is 31.1 Å². The van der Waals surface area contributed by atoms with Gasteiger partial charge in [-0.2, -0.15) is 0 Å². The van der Waals surface area contributed by atoms with Crippen molar-refractivity contribution in [1.29, 1.82) is 0 Å². The molecule has 0 bridgehead atoms. The van der Waals surface area contributed by atoms with Gasteiger partial charge in [-0.3, -0.25) is 9.69 Å². The summed E-state index contributed by atoms with van der Waals surface area (Å²) in [5.74, 6) is -0.122. The lowest BCUT2D eigenvalue weighted by Crippen LogP contribution is -2.55. The predicted octanol–water partition coefficient (Wildman–Crippen LogP) is 1.96. The summed E-state index contributed by atoms with van der Waals surface area (Å²) in [6.45, 7) is 6.79. The van der Waals surface area contributed by atoms with Crippen molar-refractivity contribution >= 4 is 40.0 Å². The van der Waals surface area contributed by atoms with Crippen LogP contribution in [0, 0.1) is 12.8 Å². The first-order valence-electron chi connectivity index (χ1n) is 9.65. The number of aromatic nitrogens is 2. The minimum atomic E-state index is -1.28. The van der Waals surface area contributed by atoms with Gasteiger partial charge in [-0.25, -0.2) is 14.8 Å². The highest BCUT2D eigenvalue weighted by molar-refractivity contribution is 7.13. The number of nitrogens with one attached hydrogen (secondary N) is 1. The van der Waals surface area contributed by atoms with Gasteiger partial charge in [0.2, 0.25) is 5.91 Å². The largest absolute Gasteiger partial charge is 0.478 e. The van der Waals surface area contributed by atoms with Crippen molar-refractivity contribution in [3.63, 3.8) is 0 Å². The van der Waals surface area contributed by atoms with Gasteiger partial charge in [0.25, 0.3) is 0 Å². The van der Waals surface area contributed by atoms with Crippen LogP contribution >= 0.6 is 11.3 Å². The van der Waals surface area contributed by atoms with E-state index in [4.69, 9.17) is 4.98 Å². The van der Waals surface area contributed by atoms with Crippen molar-refractivity contribution in [1.82, 2.24) is 15.3 Å². The second-order valence-corrected chi connectivity index (χ2v) is 8.65. The van der Waals surface area contributed by atoms with E-state index in [1.54, 1.807) is 16.5 Å². The lowest BCUT2D eigenvalue weighted by Gasteiger charge is -2.40. The number of pyridine rings is 1. The molecule has 0 spiro atoms. The monoisotopic (exact) mass is 429 g/mol. The van der Waals surface area contributed by atoms with Crippen molar-refractivity contribution in [3.8, 4) is 0 Å². The number of aliphatic hydroxyl groups is 1. The van der Waals surface area contributed by atoms with Crippen molar-refractivity contribution in [2.24, 2.45) is 5.92 Å². The van der Waals surface area contributed by atoms with E-state index in [1.165, 1.54) is 17.5 Å². The summed E-state index contributed by atoms with van der Waals surface area (Å²) in [5, 5.41) is 25.5. The molecule has 4 heterocycles. The molecule has 2 aliphatic rings. The molecule has 1 saturated heterocycles. The van der Waals surface area contributed by atoms with Gasteiger partial charge < -0.3 is 20.4 Å². The molecule has 1 atom stereocenters. The van der Waals surface area contributed by atoms with E-state index in [0.29, 0.717) is 35.4 Å². The Morgan fingerprint density at radius 2 is 2.07 bits per heavy atom. The first-order valence-corrected chi connectivity index (χ1v) is 10.5. The van der Waals surface area contributed by atoms with Gasteiger partial charge in [-0.15, -0.1) is 11.3 Å². The minimum absolute atomic E-state index is 0.0322. The Morgan fingerprint density at radius 1 is 1.33 bits per heavy atom. The fourth-order valence-corrected chi connectivity index (χ4v) is 4.26. The third kappa shape index (κ3) is 3.52. The molecular formula is C20H23N5O4S. The summed E-state index contributed by atoms with van der Waals surface area (Å²) >= 11 is 1.35. The summed E-state index contributed by atoms with van der Waals surface area (Å²) in [4.78, 5) is 36.5. The topological polar surface area (TPSA) is 119 Å². The van der Waals surface area contributed by atoms with Gasteiger partial charge in [-0.1, -0.05) is 0 Å². The molecule has 4 rings (SSSR count). The lowest BCUT2D eigenvalue weighted by molar-refractivity contribution is -0.134. The Balaban J connectivity index is 1.67. The Bertz CT molecular complexity index is 1010. The van der Waals surface area contributed by atoms with E-state index in [2.05, 4.69) is 10.3 Å². The number of carboxylic acids is 1. The number of carboxylic acid groups (broad SMARTS) is 1. The molecule has 1 unspecified atom stereocenters. The summed E-state index contributed by atoms with van der Waals surface area (Å²) in [6.07, 6.45) is 1.72. The van der Waals surface area contributed by atoms with E-state index in [1.807, 2.05) is 31.7 Å². The second kappa shape index (κ2) is 7.69. The molecule has 1 fully saturated rings. The molecule has 2 aliphatic heterocycles. The number of aliphatic carboxylic acids is 1. The molecule has 1 amide bonds. The number of thiazole rings is 1. The number of carbonyl (C=O) groups is 2. The number of rotatable bonds is 5. The normalized spacial score (nSPS) is 18.7. The molecule has 158 valence electrons. The van der Waals surface area contributed by atoms with Gasteiger partial charge in [0.05, 0.1) is 11.5 Å². The maximum absolute atomic E-state index is 12.2. The van der Waals surface area contributed by atoms with Crippen LogP contribution in [0.15, 0.2) is 29.4 Å². The maximum Gasteiger partial charge on any atom is 0.336 e. The lowest BCUT2D eigenvalue weighted by atomic mass is 9.94. The van der Waals surface area contributed by atoms with Crippen molar-refractivity contribution in [2.45, 2.75) is 32.9 Å². The molecule has 9 nitrogen and oxygen atoms in total. The summed E-state index contributed by atoms with van der Waals surface area (Å²) in [5.41, 5.74) is 1.04. The number of hydrogen-bond donors (Lipinski definition) is 3. The van der Waals surface area contributed by atoms with Gasteiger partial charge in [0.15, 0.2) is 5.13 Å². The number of aliphatic hydroxyl groups excluding tert-OH is 1. The van der Waals surface area contributed by atoms with Crippen LogP contribution < -0.4 is 15.1 Å². The predicted molar refractivity (Wildman–Crippen MR) is 113 cm³/mol. The molecule has 2 aromatic heterocycles. The van der Waals surface area contributed by atoms with Crippen molar-refractivity contribution in [3.05, 3.63) is 40.5 Å². The Hall–Kier alpha value is -2.98. The van der Waals surface area contributed by atoms with Crippen molar-refractivity contribution < 1.29 is 19.8 Å². The fraction of sp³-hybridized carbons (Fsp3) is 0.400. The number of aryl methyl sites for hydroxylation is 1. The smallest absolute Gasteiger partial charge is 0.336 e. The van der Waals surface area contributed by atoms with Crippen LogP contribution in [0.2, 0.25) is 0 Å². The Morgan fingerprint density at radius 3 is 2.67 bits per heavy atom. The zero-order valence-corrected chi connectivity index (χ0v) is 17.7. The quantitative estimate of drug-likeness (QED) is 0.660. The molecule has 0 aromatic carbocycles. The average Bonchev–Trinajstić information content (AvgIpc) is 3.13. The first kappa shape index (κ1) is 20.3. The standard InChI is InChI=1S/C20H23N5O4S/c1-10(2)22-18(27)12-7-24(8-12)14-6-11(3)15-16(26)13(19(28)29)9-25(17(15)23-14)20-21-4-5-30-20/h4-6,9-10,12,16,26H,7-8H2,1-3H3,(H,22,27)(H,28,29). The zero-order valence-electron chi connectivity index (χ0n) is 16.9. The number of carbonyl (C=O) groups excluding carboxylic acids is 1. The molecule has 10 heteroatoms. The number of nitrogens with zero attached hydrogens (tertiary/aromatic N) is 4. The molecule has 0 aliphatic carbocycles. The van der Waals surface area contributed by atoms with Crippen LogP contribution in [-0.2, 0) is 9.59 Å². The summed E-state index contributed by atoms with van der Waals surface area (Å²) in [7, 11) is 0. The van der Waals surface area contributed by atoms with Gasteiger partial charge in [-0.05, 0) is 32.4 Å². The second-order valence-electron chi connectivity index (χ2n) is 7.78. The number of amides is 1. The minimum Gasteiger partial charge on any atom is -0.478 e. The Labute approximate surface area is 177 Å². The van der Waals surface area contributed by atoms with Crippen LogP contribution in [-0.4, -0.2) is 51.2 Å². The molecule has 2 aromatic rings. The van der Waals surface area contributed by atoms with E-state index < -0.39 is 12.1 Å². The highest BCUT2D eigenvalue weighted by Gasteiger charge is 2.37. The molecule has 30 heavy (non-hydrogen) atoms. The SMILES string of the molecule is Cc1cc(N2CC(C(=O)NC(C)C)C2)nc2c1C(O)C(C(=O)O)=CN2c1nccs1. The Kier molecular flexibility index (Phi) is 5.20. The van der Waals surface area contributed by atoms with Crippen LogP contribution in [0.4, 0.5) is 16.8 Å². The van der Waals surface area contributed by atoms with Gasteiger partial charge >= 0.3 is 5.97 Å². The van der Waals surface area contributed by atoms with E-state index in [9.17, 15) is 19.8 Å². The van der Waals surface area contributed by atoms with Gasteiger partial charge in [0, 0.05) is 42.5 Å². The summed E-state index contributed by atoms with van der Waals surface area (Å²) in [6, 6.07) is 1.92. The molecular weight excluding hydrogens is 406 g/mol. The first-order chi connectivity index (χ1) is 14.3. The third-order valence-electron chi connectivity index (χ3n) is 5.18. The highest BCUT2D eigenvalue weighted by Crippen LogP contribution is 2.43. The highest BCUT2D eigenvalue weighted by atomic mass is 32.1. The number of anilines is 3.